The zero-order chi connectivity index (χ0) is 19.5. The Morgan fingerprint density at radius 2 is 1.50 bits per heavy atom. The molecule has 0 spiro atoms. The van der Waals surface area contributed by atoms with Gasteiger partial charge in [-0.3, -0.25) is 9.59 Å². The average molecular weight is 485 g/mol. The van der Waals surface area contributed by atoms with Crippen molar-refractivity contribution in [1.29, 1.82) is 0 Å². The highest BCUT2D eigenvalue weighted by atomic mass is 127. The van der Waals surface area contributed by atoms with Crippen LogP contribution in [-0.2, 0) is 0 Å². The van der Waals surface area contributed by atoms with E-state index in [0.29, 0.717) is 47.1 Å². The van der Waals surface area contributed by atoms with E-state index in [1.54, 1.807) is 48.5 Å². The largest absolute Gasteiger partial charge is 0.486 e. The van der Waals surface area contributed by atoms with Crippen molar-refractivity contribution >= 4 is 40.0 Å². The van der Waals surface area contributed by atoms with Crippen LogP contribution in [0.5, 0.6) is 11.5 Å². The minimum atomic E-state index is -0.294. The van der Waals surface area contributed by atoms with Crippen molar-refractivity contribution in [1.82, 2.24) is 0 Å². The number of halogens is 1. The van der Waals surface area contributed by atoms with Crippen LogP contribution in [0.3, 0.4) is 0 Å². The van der Waals surface area contributed by atoms with Crippen LogP contribution in [0.4, 0.5) is 5.69 Å². The third kappa shape index (κ3) is 3.87. The Kier molecular flexibility index (Phi) is 5.29. The molecule has 1 heterocycles. The highest BCUT2D eigenvalue weighted by Crippen LogP contribution is 2.36. The number of nitrogens with one attached hydrogen (secondary N) is 1. The van der Waals surface area contributed by atoms with Gasteiger partial charge >= 0.3 is 0 Å². The van der Waals surface area contributed by atoms with E-state index in [1.807, 2.05) is 18.2 Å². The third-order valence-electron chi connectivity index (χ3n) is 4.30. The average Bonchev–Trinajstić information content (AvgIpc) is 2.73. The zero-order valence-corrected chi connectivity index (χ0v) is 16.9. The number of ether oxygens (including phenoxy) is 2. The van der Waals surface area contributed by atoms with Crippen molar-refractivity contribution in [3.63, 3.8) is 0 Å². The number of anilines is 1. The number of benzene rings is 3. The molecule has 1 aliphatic heterocycles. The summed E-state index contributed by atoms with van der Waals surface area (Å²) in [6, 6.07) is 19.5. The maximum atomic E-state index is 13.1. The van der Waals surface area contributed by atoms with Crippen molar-refractivity contribution < 1.29 is 19.1 Å². The van der Waals surface area contributed by atoms with Gasteiger partial charge in [-0.1, -0.05) is 36.4 Å². The van der Waals surface area contributed by atoms with Gasteiger partial charge in [0.1, 0.15) is 13.2 Å². The number of rotatable bonds is 4. The SMILES string of the molecule is O=C(Nc1cc2c(cc1C(=O)c1ccccc1)OCCO2)c1cccc(I)c1. The Morgan fingerprint density at radius 1 is 0.821 bits per heavy atom. The number of amides is 1. The molecule has 0 bridgehead atoms. The smallest absolute Gasteiger partial charge is 0.255 e. The number of carbonyl (C=O) groups excluding carboxylic acids is 2. The predicted octanol–water partition coefficient (Wildman–Crippen LogP) is 4.55. The fourth-order valence-corrected chi connectivity index (χ4v) is 3.49. The second kappa shape index (κ2) is 8.02. The number of fused-ring (bicyclic) bond motifs is 1. The maximum Gasteiger partial charge on any atom is 0.255 e. The summed E-state index contributed by atoms with van der Waals surface area (Å²) in [5.41, 5.74) is 1.79. The van der Waals surface area contributed by atoms with Crippen molar-refractivity contribution in [3.05, 3.63) is 87.0 Å². The lowest BCUT2D eigenvalue weighted by molar-refractivity contribution is 0.102. The Bertz CT molecular complexity index is 1050. The second-order valence-electron chi connectivity index (χ2n) is 6.20. The summed E-state index contributed by atoms with van der Waals surface area (Å²) in [5.74, 6) is 0.513. The number of hydrogen-bond acceptors (Lipinski definition) is 4. The molecule has 0 fully saturated rings. The van der Waals surface area contributed by atoms with E-state index >= 15 is 0 Å². The Balaban J connectivity index is 1.74. The molecule has 1 aliphatic rings. The van der Waals surface area contributed by atoms with Crippen LogP contribution in [0.15, 0.2) is 66.7 Å². The highest BCUT2D eigenvalue weighted by molar-refractivity contribution is 14.1. The van der Waals surface area contributed by atoms with E-state index in [0.717, 1.165) is 3.57 Å². The molecule has 28 heavy (non-hydrogen) atoms. The lowest BCUT2D eigenvalue weighted by atomic mass is 10.0. The third-order valence-corrected chi connectivity index (χ3v) is 4.97. The van der Waals surface area contributed by atoms with Crippen molar-refractivity contribution in [2.24, 2.45) is 0 Å². The van der Waals surface area contributed by atoms with Crippen LogP contribution in [0.1, 0.15) is 26.3 Å². The highest BCUT2D eigenvalue weighted by Gasteiger charge is 2.22. The lowest BCUT2D eigenvalue weighted by Gasteiger charge is -2.21. The number of hydrogen-bond donors (Lipinski definition) is 1. The minimum Gasteiger partial charge on any atom is -0.486 e. The summed E-state index contributed by atoms with van der Waals surface area (Å²) in [7, 11) is 0. The molecule has 4 rings (SSSR count). The van der Waals surface area contributed by atoms with Crippen LogP contribution < -0.4 is 14.8 Å². The summed E-state index contributed by atoms with van der Waals surface area (Å²) in [4.78, 5) is 25.8. The van der Waals surface area contributed by atoms with Gasteiger partial charge in [-0.2, -0.15) is 0 Å². The molecule has 0 radical (unpaired) electrons. The molecule has 5 nitrogen and oxygen atoms in total. The Hall–Kier alpha value is -2.87. The van der Waals surface area contributed by atoms with Crippen LogP contribution in [0, 0.1) is 3.57 Å². The van der Waals surface area contributed by atoms with Crippen molar-refractivity contribution in [2.75, 3.05) is 18.5 Å². The van der Waals surface area contributed by atoms with E-state index in [1.165, 1.54) is 0 Å². The summed E-state index contributed by atoms with van der Waals surface area (Å²) >= 11 is 2.15. The van der Waals surface area contributed by atoms with Gasteiger partial charge < -0.3 is 14.8 Å². The molecule has 3 aromatic rings. The van der Waals surface area contributed by atoms with E-state index in [4.69, 9.17) is 9.47 Å². The molecule has 0 atom stereocenters. The molecule has 0 unspecified atom stereocenters. The van der Waals surface area contributed by atoms with E-state index < -0.39 is 0 Å². The zero-order valence-electron chi connectivity index (χ0n) is 14.8. The molecule has 0 saturated heterocycles. The van der Waals surface area contributed by atoms with Crippen molar-refractivity contribution in [2.45, 2.75) is 0 Å². The van der Waals surface area contributed by atoms with Gasteiger partial charge in [-0.05, 0) is 46.9 Å². The molecule has 0 aliphatic carbocycles. The summed E-state index contributed by atoms with van der Waals surface area (Å²) in [5, 5.41) is 2.86. The van der Waals surface area contributed by atoms with Gasteiger partial charge in [-0.25, -0.2) is 0 Å². The quantitative estimate of drug-likeness (QED) is 0.435. The van der Waals surface area contributed by atoms with Gasteiger partial charge in [0.05, 0.1) is 11.3 Å². The first-order valence-electron chi connectivity index (χ1n) is 8.72. The van der Waals surface area contributed by atoms with Crippen molar-refractivity contribution in [3.8, 4) is 11.5 Å². The first kappa shape index (κ1) is 18.5. The van der Waals surface area contributed by atoms with Gasteiger partial charge in [-0.15, -0.1) is 0 Å². The molecule has 140 valence electrons. The van der Waals surface area contributed by atoms with Crippen LogP contribution in [0.25, 0.3) is 0 Å². The summed E-state index contributed by atoms with van der Waals surface area (Å²) in [6.45, 7) is 0.837. The predicted molar refractivity (Wildman–Crippen MR) is 114 cm³/mol. The van der Waals surface area contributed by atoms with E-state index in [9.17, 15) is 9.59 Å². The number of ketones is 1. The van der Waals surface area contributed by atoms with Crippen LogP contribution in [-0.4, -0.2) is 24.9 Å². The molecule has 0 aromatic heterocycles. The summed E-state index contributed by atoms with van der Waals surface area (Å²) < 4.78 is 12.2. The first-order valence-corrected chi connectivity index (χ1v) is 9.80. The molecule has 1 amide bonds. The standard InChI is InChI=1S/C22H16INO4/c23-16-8-4-7-15(11-16)22(26)24-18-13-20-19(27-9-10-28-20)12-17(18)21(25)14-5-2-1-3-6-14/h1-8,11-13H,9-10H2,(H,24,26). The van der Waals surface area contributed by atoms with E-state index in [2.05, 4.69) is 27.9 Å². The van der Waals surface area contributed by atoms with Crippen LogP contribution >= 0.6 is 22.6 Å². The Labute approximate surface area is 175 Å². The molecule has 3 aromatic carbocycles. The van der Waals surface area contributed by atoms with Gasteiger partial charge in [0.2, 0.25) is 0 Å². The molecule has 1 N–H and O–H groups in total. The minimum absolute atomic E-state index is 0.199. The van der Waals surface area contributed by atoms with Gasteiger partial charge in [0.15, 0.2) is 17.3 Å². The summed E-state index contributed by atoms with van der Waals surface area (Å²) in [6.07, 6.45) is 0. The molecular formula is C22H16INO4. The number of carbonyl (C=O) groups is 2. The normalized spacial score (nSPS) is 12.3. The Morgan fingerprint density at radius 3 is 2.21 bits per heavy atom. The second-order valence-corrected chi connectivity index (χ2v) is 7.45. The molecule has 6 heteroatoms. The maximum absolute atomic E-state index is 13.1. The lowest BCUT2D eigenvalue weighted by Crippen LogP contribution is -2.19. The fraction of sp³-hybridized carbons (Fsp3) is 0.0909. The molecule has 0 saturated carbocycles. The van der Waals surface area contributed by atoms with Crippen LogP contribution in [0.2, 0.25) is 0 Å². The van der Waals surface area contributed by atoms with Gasteiger partial charge in [0, 0.05) is 20.8 Å². The van der Waals surface area contributed by atoms with Gasteiger partial charge in [0.25, 0.3) is 5.91 Å². The monoisotopic (exact) mass is 485 g/mol. The topological polar surface area (TPSA) is 64.6 Å². The molecular weight excluding hydrogens is 469 g/mol. The fourth-order valence-electron chi connectivity index (χ4n) is 2.95. The first-order chi connectivity index (χ1) is 13.6. The van der Waals surface area contributed by atoms with E-state index in [-0.39, 0.29) is 11.7 Å².